The van der Waals surface area contributed by atoms with Crippen LogP contribution in [0.25, 0.3) is 15.3 Å². The molecule has 8 heteroatoms. The van der Waals surface area contributed by atoms with Crippen molar-refractivity contribution in [2.75, 3.05) is 19.5 Å². The standard InChI is InChI=1S/C22H22N4O3S/c1-12-8-13(2)20-18(9-12)30-22(24-20)26-19(10-14(3)25-26)23-21(27)16-11-15(28-4)6-7-17(16)29-5/h6-11H,1-5H3,(H,23,27). The number of aryl methyl sites for hydroxylation is 3. The summed E-state index contributed by atoms with van der Waals surface area (Å²) in [6, 6.07) is 11.1. The van der Waals surface area contributed by atoms with Crippen LogP contribution in [0.5, 0.6) is 11.5 Å². The summed E-state index contributed by atoms with van der Waals surface area (Å²) < 4.78 is 13.3. The number of aromatic nitrogens is 3. The molecule has 1 N–H and O–H groups in total. The van der Waals surface area contributed by atoms with Gasteiger partial charge in [-0.2, -0.15) is 9.78 Å². The van der Waals surface area contributed by atoms with Crippen molar-refractivity contribution in [1.82, 2.24) is 14.8 Å². The van der Waals surface area contributed by atoms with Crippen molar-refractivity contribution in [1.29, 1.82) is 0 Å². The molecule has 0 saturated carbocycles. The van der Waals surface area contributed by atoms with Crippen LogP contribution in [0.1, 0.15) is 27.2 Å². The average Bonchev–Trinajstić information content (AvgIpc) is 3.30. The van der Waals surface area contributed by atoms with Crippen LogP contribution >= 0.6 is 11.3 Å². The van der Waals surface area contributed by atoms with Crippen molar-refractivity contribution >= 4 is 33.3 Å². The number of nitrogens with zero attached hydrogens (tertiary/aromatic N) is 3. The third-order valence-corrected chi connectivity index (χ3v) is 5.70. The summed E-state index contributed by atoms with van der Waals surface area (Å²) in [7, 11) is 3.08. The van der Waals surface area contributed by atoms with E-state index in [1.54, 1.807) is 30.0 Å². The minimum Gasteiger partial charge on any atom is -0.497 e. The van der Waals surface area contributed by atoms with E-state index in [0.29, 0.717) is 28.0 Å². The summed E-state index contributed by atoms with van der Waals surface area (Å²) in [6.45, 7) is 5.99. The zero-order valence-corrected chi connectivity index (χ0v) is 18.3. The molecule has 0 aliphatic rings. The minimum absolute atomic E-state index is 0.319. The molecule has 1 amide bonds. The third kappa shape index (κ3) is 3.61. The summed E-state index contributed by atoms with van der Waals surface area (Å²) in [4.78, 5) is 17.8. The van der Waals surface area contributed by atoms with E-state index in [0.717, 1.165) is 21.5 Å². The number of fused-ring (bicyclic) bond motifs is 1. The Bertz CT molecular complexity index is 1260. The lowest BCUT2D eigenvalue weighted by molar-refractivity contribution is 0.102. The maximum absolute atomic E-state index is 13.0. The number of anilines is 1. The van der Waals surface area contributed by atoms with Crippen molar-refractivity contribution < 1.29 is 14.3 Å². The molecule has 0 spiro atoms. The first kappa shape index (κ1) is 19.9. The summed E-state index contributed by atoms with van der Waals surface area (Å²) >= 11 is 1.54. The molecule has 30 heavy (non-hydrogen) atoms. The fraction of sp³-hybridized carbons (Fsp3) is 0.227. The lowest BCUT2D eigenvalue weighted by Crippen LogP contribution is -2.16. The van der Waals surface area contributed by atoms with Crippen molar-refractivity contribution in [2.24, 2.45) is 0 Å². The highest BCUT2D eigenvalue weighted by atomic mass is 32.1. The van der Waals surface area contributed by atoms with Crippen LogP contribution in [0.3, 0.4) is 0 Å². The summed E-state index contributed by atoms with van der Waals surface area (Å²) in [5, 5.41) is 8.17. The number of hydrogen-bond donors (Lipinski definition) is 1. The molecule has 0 aliphatic heterocycles. The Labute approximate surface area is 178 Å². The second kappa shape index (κ2) is 7.79. The SMILES string of the molecule is COc1ccc(OC)c(C(=O)Nc2cc(C)nn2-c2nc3c(C)cc(C)cc3s2)c1. The minimum atomic E-state index is -0.319. The Hall–Kier alpha value is -3.39. The molecule has 2 aromatic heterocycles. The number of amides is 1. The number of rotatable bonds is 5. The van der Waals surface area contributed by atoms with Gasteiger partial charge in [0.25, 0.3) is 5.91 Å². The van der Waals surface area contributed by atoms with Gasteiger partial charge in [-0.05, 0) is 56.2 Å². The molecule has 4 aromatic rings. The van der Waals surface area contributed by atoms with Crippen LogP contribution < -0.4 is 14.8 Å². The fourth-order valence-electron chi connectivity index (χ4n) is 3.36. The van der Waals surface area contributed by atoms with Gasteiger partial charge < -0.3 is 14.8 Å². The molecule has 2 aromatic carbocycles. The quantitative estimate of drug-likeness (QED) is 0.505. The van der Waals surface area contributed by atoms with Crippen molar-refractivity contribution in [2.45, 2.75) is 20.8 Å². The second-order valence-corrected chi connectivity index (χ2v) is 8.04. The van der Waals surface area contributed by atoms with E-state index >= 15 is 0 Å². The molecule has 0 aliphatic carbocycles. The highest BCUT2D eigenvalue weighted by Crippen LogP contribution is 2.31. The van der Waals surface area contributed by atoms with Crippen LogP contribution in [0.4, 0.5) is 5.82 Å². The Morgan fingerprint density at radius 2 is 1.87 bits per heavy atom. The van der Waals surface area contributed by atoms with Gasteiger partial charge in [0.1, 0.15) is 17.3 Å². The largest absolute Gasteiger partial charge is 0.497 e. The topological polar surface area (TPSA) is 78.3 Å². The van der Waals surface area contributed by atoms with E-state index in [1.807, 2.05) is 19.9 Å². The summed E-state index contributed by atoms with van der Waals surface area (Å²) in [5.74, 6) is 1.25. The molecular weight excluding hydrogens is 400 g/mol. The van der Waals surface area contributed by atoms with Gasteiger partial charge in [-0.1, -0.05) is 17.4 Å². The Balaban J connectivity index is 1.73. The van der Waals surface area contributed by atoms with Gasteiger partial charge in [0, 0.05) is 6.07 Å². The number of methoxy groups -OCH3 is 2. The van der Waals surface area contributed by atoms with E-state index in [-0.39, 0.29) is 5.91 Å². The van der Waals surface area contributed by atoms with Gasteiger partial charge in [0.15, 0.2) is 0 Å². The molecule has 0 fully saturated rings. The monoisotopic (exact) mass is 422 g/mol. The molecule has 0 atom stereocenters. The number of benzene rings is 2. The van der Waals surface area contributed by atoms with Crippen LogP contribution in [-0.4, -0.2) is 34.9 Å². The lowest BCUT2D eigenvalue weighted by Gasteiger charge is -2.11. The van der Waals surface area contributed by atoms with Gasteiger partial charge >= 0.3 is 0 Å². The van der Waals surface area contributed by atoms with Crippen molar-refractivity contribution in [3.63, 3.8) is 0 Å². The first-order valence-corrected chi connectivity index (χ1v) is 10.2. The maximum Gasteiger partial charge on any atom is 0.260 e. The number of nitrogens with one attached hydrogen (secondary N) is 1. The number of hydrogen-bond acceptors (Lipinski definition) is 6. The van der Waals surface area contributed by atoms with Crippen LogP contribution in [0.2, 0.25) is 0 Å². The zero-order valence-electron chi connectivity index (χ0n) is 17.4. The molecule has 4 rings (SSSR count). The van der Waals surface area contributed by atoms with E-state index < -0.39 is 0 Å². The Morgan fingerprint density at radius 1 is 1.07 bits per heavy atom. The van der Waals surface area contributed by atoms with Crippen LogP contribution in [-0.2, 0) is 0 Å². The Kier molecular flexibility index (Phi) is 5.17. The van der Waals surface area contributed by atoms with Crippen molar-refractivity contribution in [3.05, 3.63) is 58.8 Å². The predicted octanol–water partition coefficient (Wildman–Crippen LogP) is 4.68. The van der Waals surface area contributed by atoms with Crippen molar-refractivity contribution in [3.8, 4) is 16.6 Å². The number of carbonyl (C=O) groups is 1. The van der Waals surface area contributed by atoms with E-state index in [9.17, 15) is 4.79 Å². The van der Waals surface area contributed by atoms with Crippen LogP contribution in [0.15, 0.2) is 36.4 Å². The Morgan fingerprint density at radius 3 is 2.60 bits per heavy atom. The third-order valence-electron chi connectivity index (χ3n) is 4.72. The number of carbonyl (C=O) groups excluding carboxylic acids is 1. The second-order valence-electron chi connectivity index (χ2n) is 7.03. The zero-order chi connectivity index (χ0) is 21.4. The normalized spacial score (nSPS) is 11.0. The fourth-order valence-corrected chi connectivity index (χ4v) is 4.47. The summed E-state index contributed by atoms with van der Waals surface area (Å²) in [5.41, 5.74) is 4.39. The summed E-state index contributed by atoms with van der Waals surface area (Å²) in [6.07, 6.45) is 0. The maximum atomic E-state index is 13.0. The van der Waals surface area contributed by atoms with Gasteiger partial charge in [-0.3, -0.25) is 4.79 Å². The molecular formula is C22H22N4O3S. The van der Waals surface area contributed by atoms with Gasteiger partial charge in [-0.15, -0.1) is 0 Å². The molecule has 0 bridgehead atoms. The van der Waals surface area contributed by atoms with E-state index in [4.69, 9.17) is 14.5 Å². The first-order chi connectivity index (χ1) is 14.4. The van der Waals surface area contributed by atoms with Crippen LogP contribution in [0, 0.1) is 20.8 Å². The molecule has 7 nitrogen and oxygen atoms in total. The highest BCUT2D eigenvalue weighted by molar-refractivity contribution is 7.20. The average molecular weight is 423 g/mol. The molecule has 0 unspecified atom stereocenters. The predicted molar refractivity (Wildman–Crippen MR) is 118 cm³/mol. The molecule has 2 heterocycles. The lowest BCUT2D eigenvalue weighted by atomic mass is 10.1. The van der Waals surface area contributed by atoms with Gasteiger partial charge in [-0.25, -0.2) is 4.98 Å². The molecule has 0 saturated heterocycles. The number of ether oxygens (including phenoxy) is 2. The van der Waals surface area contributed by atoms with Gasteiger partial charge in [0.2, 0.25) is 5.13 Å². The van der Waals surface area contributed by atoms with Gasteiger partial charge in [0.05, 0.1) is 35.7 Å². The van der Waals surface area contributed by atoms with E-state index in [2.05, 4.69) is 29.5 Å². The number of thiazole rings is 1. The van der Waals surface area contributed by atoms with E-state index in [1.165, 1.54) is 24.0 Å². The molecule has 0 radical (unpaired) electrons. The first-order valence-electron chi connectivity index (χ1n) is 9.38. The highest BCUT2D eigenvalue weighted by Gasteiger charge is 2.19. The smallest absolute Gasteiger partial charge is 0.260 e. The molecule has 154 valence electrons.